The molecule has 0 saturated carbocycles. The summed E-state index contributed by atoms with van der Waals surface area (Å²) in [5, 5.41) is 20.5. The molecule has 1 aliphatic rings. The van der Waals surface area contributed by atoms with Gasteiger partial charge in [0.05, 0.1) is 19.6 Å². The van der Waals surface area contributed by atoms with Gasteiger partial charge in [0, 0.05) is 25.7 Å². The predicted molar refractivity (Wildman–Crippen MR) is 109 cm³/mol. The molecule has 166 valence electrons. The maximum absolute atomic E-state index is 11.2. The van der Waals surface area contributed by atoms with E-state index in [9.17, 15) is 9.90 Å². The summed E-state index contributed by atoms with van der Waals surface area (Å²) in [6, 6.07) is 4.27. The van der Waals surface area contributed by atoms with E-state index in [0.717, 1.165) is 31.8 Å². The van der Waals surface area contributed by atoms with E-state index < -0.39 is 5.91 Å². The Labute approximate surface area is 177 Å². The number of nitrogens with two attached hydrogens (primary N) is 1. The number of carboxylic acid groups (broad SMARTS) is 1. The van der Waals surface area contributed by atoms with Crippen LogP contribution in [0.25, 0.3) is 11.2 Å². The van der Waals surface area contributed by atoms with Crippen LogP contribution in [0.2, 0.25) is 0 Å². The van der Waals surface area contributed by atoms with Crippen molar-refractivity contribution in [1.29, 1.82) is 0 Å². The van der Waals surface area contributed by atoms with E-state index in [4.69, 9.17) is 20.1 Å². The van der Waals surface area contributed by atoms with E-state index in [0.29, 0.717) is 42.0 Å². The average molecular weight is 431 g/mol. The maximum Gasteiger partial charge on any atom is 0.299 e. The summed E-state index contributed by atoms with van der Waals surface area (Å²) in [5.74, 6) is 1.02. The van der Waals surface area contributed by atoms with Crippen LogP contribution in [0.1, 0.15) is 24.5 Å². The van der Waals surface area contributed by atoms with Gasteiger partial charge in [0.2, 0.25) is 11.6 Å². The molecule has 1 unspecified atom stereocenters. The summed E-state index contributed by atoms with van der Waals surface area (Å²) < 4.78 is 7.52. The number of oxazole rings is 1. The summed E-state index contributed by atoms with van der Waals surface area (Å²) in [5.41, 5.74) is 6.54. The van der Waals surface area contributed by atoms with Crippen molar-refractivity contribution < 1.29 is 24.2 Å². The van der Waals surface area contributed by atoms with Crippen molar-refractivity contribution in [3.05, 3.63) is 30.0 Å². The predicted octanol–water partition coefficient (Wildman–Crippen LogP) is -0.00570. The minimum atomic E-state index is -0.471. The fourth-order valence-electron chi connectivity index (χ4n) is 3.64. The summed E-state index contributed by atoms with van der Waals surface area (Å²) >= 11 is 0. The number of primary amides is 1. The van der Waals surface area contributed by atoms with Gasteiger partial charge in [-0.05, 0) is 30.9 Å². The first-order valence-corrected chi connectivity index (χ1v) is 9.90. The van der Waals surface area contributed by atoms with Crippen LogP contribution >= 0.6 is 0 Å². The van der Waals surface area contributed by atoms with Crippen molar-refractivity contribution in [2.45, 2.75) is 32.2 Å². The largest absolute Gasteiger partial charge is 0.483 e. The fraction of sp³-hybridized carbons (Fsp3) is 0.474. The van der Waals surface area contributed by atoms with E-state index in [-0.39, 0.29) is 19.5 Å². The molecule has 12 nitrogen and oxygen atoms in total. The highest BCUT2D eigenvalue weighted by Crippen LogP contribution is 2.27. The SMILES string of the molecule is NC(=O)Cc1nc(CC2CCCN(c3nc4ncccc4o3)C2)n(CCO)n1.O=CO. The number of amides is 1. The number of rotatable bonds is 7. The average Bonchev–Trinajstić information content (AvgIpc) is 3.33. The van der Waals surface area contributed by atoms with Crippen LogP contribution in [0.4, 0.5) is 6.01 Å². The first kappa shape index (κ1) is 22.2. The highest BCUT2D eigenvalue weighted by molar-refractivity contribution is 5.75. The summed E-state index contributed by atoms with van der Waals surface area (Å²) in [4.78, 5) is 34.8. The molecule has 1 fully saturated rings. The molecule has 4 rings (SSSR count). The van der Waals surface area contributed by atoms with E-state index in [1.807, 2.05) is 12.1 Å². The lowest BCUT2D eigenvalue weighted by Gasteiger charge is -2.31. The van der Waals surface area contributed by atoms with Crippen molar-refractivity contribution in [3.63, 3.8) is 0 Å². The lowest BCUT2D eigenvalue weighted by atomic mass is 9.94. The van der Waals surface area contributed by atoms with Crippen molar-refractivity contribution in [2.24, 2.45) is 11.7 Å². The third-order valence-electron chi connectivity index (χ3n) is 4.85. The fourth-order valence-corrected chi connectivity index (χ4v) is 3.64. The number of hydrogen-bond acceptors (Lipinski definition) is 9. The Bertz CT molecular complexity index is 985. The number of aliphatic hydroxyl groups is 1. The number of aromatic nitrogens is 5. The minimum Gasteiger partial charge on any atom is -0.483 e. The number of hydrogen-bond donors (Lipinski definition) is 3. The van der Waals surface area contributed by atoms with Crippen molar-refractivity contribution in [3.8, 4) is 0 Å². The summed E-state index contributed by atoms with van der Waals surface area (Å²) in [6.45, 7) is 1.71. The summed E-state index contributed by atoms with van der Waals surface area (Å²) in [7, 11) is 0. The Morgan fingerprint density at radius 1 is 1.39 bits per heavy atom. The second-order valence-corrected chi connectivity index (χ2v) is 7.12. The van der Waals surface area contributed by atoms with Crippen LogP contribution in [0.5, 0.6) is 0 Å². The van der Waals surface area contributed by atoms with Crippen LogP contribution in [0, 0.1) is 5.92 Å². The van der Waals surface area contributed by atoms with Gasteiger partial charge in [0.1, 0.15) is 5.82 Å². The van der Waals surface area contributed by atoms with Gasteiger partial charge >= 0.3 is 0 Å². The lowest BCUT2D eigenvalue weighted by molar-refractivity contribution is -0.123. The quantitative estimate of drug-likeness (QED) is 0.432. The Morgan fingerprint density at radius 3 is 2.90 bits per heavy atom. The van der Waals surface area contributed by atoms with Gasteiger partial charge in [0.15, 0.2) is 11.4 Å². The van der Waals surface area contributed by atoms with Gasteiger partial charge in [-0.15, -0.1) is 0 Å². The third kappa shape index (κ3) is 5.75. The highest BCUT2D eigenvalue weighted by atomic mass is 16.4. The van der Waals surface area contributed by atoms with E-state index in [1.54, 1.807) is 10.9 Å². The smallest absolute Gasteiger partial charge is 0.299 e. The minimum absolute atomic E-state index is 0.00186. The monoisotopic (exact) mass is 431 g/mol. The molecule has 12 heteroatoms. The number of pyridine rings is 1. The number of nitrogens with zero attached hydrogens (tertiary/aromatic N) is 6. The number of anilines is 1. The highest BCUT2D eigenvalue weighted by Gasteiger charge is 2.26. The van der Waals surface area contributed by atoms with E-state index in [2.05, 4.69) is 25.0 Å². The number of piperidine rings is 1. The standard InChI is InChI=1S/C18H23N7O3.CH2O2/c19-14(27)10-15-21-16(25(23-15)7-8-26)9-12-3-2-6-24(11-12)18-22-17-13(28-18)4-1-5-20-17;2-1-3/h1,4-5,12,26H,2-3,6-11H2,(H2,19,27);1H,(H,2,3). The normalized spacial score (nSPS) is 16.0. The van der Waals surface area contributed by atoms with Crippen molar-refractivity contribution in [2.75, 3.05) is 24.6 Å². The molecule has 3 aromatic heterocycles. The molecule has 0 spiro atoms. The topological polar surface area (TPSA) is 173 Å². The maximum atomic E-state index is 11.2. The Hall–Kier alpha value is -3.54. The summed E-state index contributed by atoms with van der Waals surface area (Å²) in [6.07, 6.45) is 4.45. The zero-order valence-electron chi connectivity index (χ0n) is 16.9. The third-order valence-corrected chi connectivity index (χ3v) is 4.85. The van der Waals surface area contributed by atoms with Gasteiger partial charge in [-0.1, -0.05) is 0 Å². The lowest BCUT2D eigenvalue weighted by Crippen LogP contribution is -2.36. The second kappa shape index (κ2) is 10.5. The van der Waals surface area contributed by atoms with Crippen LogP contribution in [-0.4, -0.2) is 67.0 Å². The van der Waals surface area contributed by atoms with E-state index >= 15 is 0 Å². The Kier molecular flexibility index (Phi) is 7.49. The Morgan fingerprint density at radius 2 is 2.19 bits per heavy atom. The number of carbonyl (C=O) groups is 2. The van der Waals surface area contributed by atoms with Crippen LogP contribution in [0.3, 0.4) is 0 Å². The first-order valence-electron chi connectivity index (χ1n) is 9.90. The zero-order valence-corrected chi connectivity index (χ0v) is 16.9. The molecule has 1 amide bonds. The molecule has 31 heavy (non-hydrogen) atoms. The second-order valence-electron chi connectivity index (χ2n) is 7.12. The number of carbonyl (C=O) groups excluding carboxylic acids is 1. The molecule has 4 N–H and O–H groups in total. The van der Waals surface area contributed by atoms with Gasteiger partial charge in [0.25, 0.3) is 12.5 Å². The molecule has 1 atom stereocenters. The molecule has 0 aromatic carbocycles. The first-order chi connectivity index (χ1) is 15.0. The van der Waals surface area contributed by atoms with Crippen molar-refractivity contribution in [1.82, 2.24) is 24.7 Å². The van der Waals surface area contributed by atoms with Gasteiger partial charge in [-0.2, -0.15) is 10.1 Å². The zero-order chi connectivity index (χ0) is 22.2. The number of aliphatic hydroxyl groups excluding tert-OH is 1. The molecular weight excluding hydrogens is 406 g/mol. The molecule has 0 aliphatic carbocycles. The van der Waals surface area contributed by atoms with Crippen LogP contribution in [0.15, 0.2) is 22.7 Å². The van der Waals surface area contributed by atoms with Gasteiger partial charge in [-0.25, -0.2) is 14.6 Å². The molecule has 1 aliphatic heterocycles. The molecule has 0 radical (unpaired) electrons. The van der Waals surface area contributed by atoms with E-state index in [1.165, 1.54) is 0 Å². The van der Waals surface area contributed by atoms with Crippen LogP contribution < -0.4 is 10.6 Å². The van der Waals surface area contributed by atoms with Gasteiger partial charge in [-0.3, -0.25) is 9.59 Å². The van der Waals surface area contributed by atoms with Crippen LogP contribution in [-0.2, 0) is 29.0 Å². The van der Waals surface area contributed by atoms with Gasteiger partial charge < -0.3 is 25.3 Å². The van der Waals surface area contributed by atoms with Crippen molar-refractivity contribution >= 4 is 29.6 Å². The Balaban J connectivity index is 0.000000858. The molecule has 4 heterocycles. The molecule has 3 aromatic rings. The molecule has 1 saturated heterocycles. The number of fused-ring (bicyclic) bond motifs is 1. The molecular formula is C19H25N7O5. The molecule has 0 bridgehead atoms.